The van der Waals surface area contributed by atoms with Gasteiger partial charge in [-0.15, -0.1) is 0 Å². The number of aliphatic hydroxyl groups is 1. The quantitative estimate of drug-likeness (QED) is 0.666. The zero-order valence-corrected chi connectivity index (χ0v) is 8.94. The van der Waals surface area contributed by atoms with Crippen LogP contribution in [0.2, 0.25) is 0 Å². The summed E-state index contributed by atoms with van der Waals surface area (Å²) in [4.78, 5) is 15.4. The number of nitrogens with one attached hydrogen (secondary N) is 1. The Hall–Kier alpha value is -1.36. The topological polar surface area (TPSA) is 67.2 Å². The van der Waals surface area contributed by atoms with Gasteiger partial charge in [-0.2, -0.15) is 0 Å². The number of rotatable bonds is 6. The Labute approximate surface area is 89.1 Å². The van der Waals surface area contributed by atoms with E-state index in [1.807, 2.05) is 0 Å². The summed E-state index contributed by atoms with van der Waals surface area (Å²) < 4.78 is 1.68. The van der Waals surface area contributed by atoms with Gasteiger partial charge in [-0.3, -0.25) is 4.79 Å². The summed E-state index contributed by atoms with van der Waals surface area (Å²) >= 11 is 0. The van der Waals surface area contributed by atoms with Crippen molar-refractivity contribution in [3.63, 3.8) is 0 Å². The molecule has 1 heterocycles. The van der Waals surface area contributed by atoms with Crippen molar-refractivity contribution in [2.45, 2.75) is 19.3 Å². The first-order valence-electron chi connectivity index (χ1n) is 5.11. The number of imidazole rings is 1. The molecule has 2 N–H and O–H groups in total. The van der Waals surface area contributed by atoms with Crippen LogP contribution in [0.3, 0.4) is 0 Å². The van der Waals surface area contributed by atoms with Crippen LogP contribution < -0.4 is 5.32 Å². The minimum atomic E-state index is -0.0981. The van der Waals surface area contributed by atoms with E-state index in [2.05, 4.69) is 10.3 Å². The summed E-state index contributed by atoms with van der Waals surface area (Å²) in [6.07, 6.45) is 5.76. The van der Waals surface area contributed by atoms with Crippen LogP contribution in [-0.2, 0) is 7.05 Å². The third-order valence-electron chi connectivity index (χ3n) is 2.17. The maximum absolute atomic E-state index is 11.5. The van der Waals surface area contributed by atoms with E-state index in [1.54, 1.807) is 24.1 Å². The number of aliphatic hydroxyl groups excluding tert-OH is 1. The molecule has 0 saturated carbocycles. The molecule has 1 aromatic heterocycles. The molecule has 0 radical (unpaired) electrons. The largest absolute Gasteiger partial charge is 0.396 e. The number of unbranched alkanes of at least 4 members (excludes halogenated alkanes) is 2. The Bertz CT molecular complexity index is 309. The van der Waals surface area contributed by atoms with Crippen LogP contribution in [-0.4, -0.2) is 33.7 Å². The van der Waals surface area contributed by atoms with Crippen molar-refractivity contribution in [1.29, 1.82) is 0 Å². The Morgan fingerprint density at radius 3 is 2.93 bits per heavy atom. The highest BCUT2D eigenvalue weighted by Crippen LogP contribution is 1.97. The molecule has 0 aromatic carbocycles. The molecule has 0 fully saturated rings. The smallest absolute Gasteiger partial charge is 0.269 e. The van der Waals surface area contributed by atoms with E-state index in [1.165, 1.54) is 0 Å². The summed E-state index contributed by atoms with van der Waals surface area (Å²) in [5.74, 6) is -0.0981. The fraction of sp³-hybridized carbons (Fsp3) is 0.600. The molecule has 0 aliphatic carbocycles. The van der Waals surface area contributed by atoms with Crippen molar-refractivity contribution in [3.8, 4) is 0 Å². The molecule has 84 valence electrons. The number of hydrogen-bond acceptors (Lipinski definition) is 3. The van der Waals surface area contributed by atoms with E-state index in [-0.39, 0.29) is 12.5 Å². The minimum absolute atomic E-state index is 0.0981. The van der Waals surface area contributed by atoms with Gasteiger partial charge in [-0.25, -0.2) is 4.98 Å². The molecular formula is C10H17N3O2. The van der Waals surface area contributed by atoms with Crippen LogP contribution in [0.25, 0.3) is 0 Å². The van der Waals surface area contributed by atoms with Gasteiger partial charge in [0.15, 0.2) is 0 Å². The van der Waals surface area contributed by atoms with E-state index < -0.39 is 0 Å². The lowest BCUT2D eigenvalue weighted by atomic mass is 10.2. The fourth-order valence-electron chi connectivity index (χ4n) is 1.28. The lowest BCUT2D eigenvalue weighted by molar-refractivity contribution is 0.0944. The van der Waals surface area contributed by atoms with Crippen molar-refractivity contribution < 1.29 is 9.90 Å². The van der Waals surface area contributed by atoms with Gasteiger partial charge in [0.2, 0.25) is 0 Å². The zero-order chi connectivity index (χ0) is 11.1. The number of aryl methyl sites for hydroxylation is 1. The van der Waals surface area contributed by atoms with Crippen LogP contribution in [0.5, 0.6) is 0 Å². The Balaban J connectivity index is 2.22. The normalized spacial score (nSPS) is 10.3. The number of hydrogen-bond donors (Lipinski definition) is 2. The molecule has 0 unspecified atom stereocenters. The fourth-order valence-corrected chi connectivity index (χ4v) is 1.28. The van der Waals surface area contributed by atoms with Gasteiger partial charge in [0, 0.05) is 20.2 Å². The van der Waals surface area contributed by atoms with Gasteiger partial charge >= 0.3 is 0 Å². The molecule has 0 bridgehead atoms. The van der Waals surface area contributed by atoms with Crippen molar-refractivity contribution >= 4 is 5.91 Å². The van der Waals surface area contributed by atoms with Crippen molar-refractivity contribution in [1.82, 2.24) is 14.9 Å². The molecule has 0 spiro atoms. The van der Waals surface area contributed by atoms with Gasteiger partial charge in [-0.05, 0) is 19.3 Å². The summed E-state index contributed by atoms with van der Waals surface area (Å²) in [7, 11) is 1.79. The molecule has 0 aliphatic heterocycles. The van der Waals surface area contributed by atoms with Crippen molar-refractivity contribution in [2.24, 2.45) is 7.05 Å². The molecule has 0 aliphatic rings. The molecule has 1 aromatic rings. The summed E-state index contributed by atoms with van der Waals surface area (Å²) in [5.41, 5.74) is 0.567. The second-order valence-corrected chi connectivity index (χ2v) is 3.43. The minimum Gasteiger partial charge on any atom is -0.396 e. The van der Waals surface area contributed by atoms with Crippen LogP contribution >= 0.6 is 0 Å². The predicted molar refractivity (Wildman–Crippen MR) is 56.5 cm³/mol. The highest BCUT2D eigenvalue weighted by molar-refractivity contribution is 5.92. The molecule has 1 rings (SSSR count). The molecule has 5 nitrogen and oxygen atoms in total. The average Bonchev–Trinajstić information content (AvgIpc) is 2.64. The maximum Gasteiger partial charge on any atom is 0.269 e. The third-order valence-corrected chi connectivity index (χ3v) is 2.17. The standard InChI is InChI=1S/C10H17N3O2/c1-13-8-11-7-9(13)10(15)12-5-3-2-4-6-14/h7-8,14H,2-6H2,1H3,(H,12,15). The average molecular weight is 211 g/mol. The van der Waals surface area contributed by atoms with Crippen molar-refractivity contribution in [2.75, 3.05) is 13.2 Å². The predicted octanol–water partition coefficient (Wildman–Crippen LogP) is 0.312. The Morgan fingerprint density at radius 2 is 2.33 bits per heavy atom. The van der Waals surface area contributed by atoms with E-state index in [4.69, 9.17) is 5.11 Å². The molecule has 5 heteroatoms. The van der Waals surface area contributed by atoms with Gasteiger partial charge in [0.1, 0.15) is 5.69 Å². The van der Waals surface area contributed by atoms with Crippen LogP contribution in [0.15, 0.2) is 12.5 Å². The molecule has 0 atom stereocenters. The van der Waals surface area contributed by atoms with Gasteiger partial charge in [0.05, 0.1) is 12.5 Å². The lowest BCUT2D eigenvalue weighted by Crippen LogP contribution is -2.26. The third kappa shape index (κ3) is 3.71. The second-order valence-electron chi connectivity index (χ2n) is 3.43. The monoisotopic (exact) mass is 211 g/mol. The number of carbonyl (C=O) groups is 1. The Morgan fingerprint density at radius 1 is 1.53 bits per heavy atom. The lowest BCUT2D eigenvalue weighted by Gasteiger charge is -2.04. The van der Waals surface area contributed by atoms with Gasteiger partial charge in [-0.1, -0.05) is 0 Å². The zero-order valence-electron chi connectivity index (χ0n) is 8.94. The number of carbonyl (C=O) groups excluding carboxylic acids is 1. The SMILES string of the molecule is Cn1cncc1C(=O)NCCCCCO. The number of aromatic nitrogens is 2. The maximum atomic E-state index is 11.5. The van der Waals surface area contributed by atoms with Crippen molar-refractivity contribution in [3.05, 3.63) is 18.2 Å². The van der Waals surface area contributed by atoms with E-state index in [0.717, 1.165) is 19.3 Å². The van der Waals surface area contributed by atoms with E-state index in [9.17, 15) is 4.79 Å². The highest BCUT2D eigenvalue weighted by Gasteiger charge is 2.07. The Kier molecular flexibility index (Phi) is 4.83. The summed E-state index contributed by atoms with van der Waals surface area (Å²) in [6.45, 7) is 0.861. The molecule has 15 heavy (non-hydrogen) atoms. The first kappa shape index (κ1) is 11.7. The molecule has 0 saturated heterocycles. The second kappa shape index (κ2) is 6.19. The highest BCUT2D eigenvalue weighted by atomic mass is 16.2. The van der Waals surface area contributed by atoms with E-state index in [0.29, 0.717) is 12.2 Å². The van der Waals surface area contributed by atoms with Crippen LogP contribution in [0, 0.1) is 0 Å². The summed E-state index contributed by atoms with van der Waals surface area (Å²) in [5, 5.41) is 11.4. The van der Waals surface area contributed by atoms with Gasteiger partial charge in [0.25, 0.3) is 5.91 Å². The van der Waals surface area contributed by atoms with Crippen LogP contribution in [0.4, 0.5) is 0 Å². The van der Waals surface area contributed by atoms with Crippen LogP contribution in [0.1, 0.15) is 29.8 Å². The first-order chi connectivity index (χ1) is 7.25. The van der Waals surface area contributed by atoms with Gasteiger partial charge < -0.3 is 15.0 Å². The number of amides is 1. The number of nitrogens with zero attached hydrogens (tertiary/aromatic N) is 2. The van der Waals surface area contributed by atoms with E-state index >= 15 is 0 Å². The molecule has 1 amide bonds. The summed E-state index contributed by atoms with van der Waals surface area (Å²) in [6, 6.07) is 0. The molecular weight excluding hydrogens is 194 g/mol. The first-order valence-corrected chi connectivity index (χ1v) is 5.11.